The fourth-order valence-corrected chi connectivity index (χ4v) is 5.51. The Morgan fingerprint density at radius 2 is 1.56 bits per heavy atom. The Hall–Kier alpha value is -1.38. The second-order valence-electron chi connectivity index (χ2n) is 7.68. The molecule has 11 atom stereocenters. The number of hydrogen-bond donors (Lipinski definition) is 9. The van der Waals surface area contributed by atoms with Crippen LogP contribution in [0.5, 0.6) is 0 Å². The van der Waals surface area contributed by atoms with Crippen molar-refractivity contribution in [3.63, 3.8) is 0 Å². The van der Waals surface area contributed by atoms with Gasteiger partial charge in [-0.1, -0.05) is 0 Å². The maximum absolute atomic E-state index is 12.2. The van der Waals surface area contributed by atoms with Gasteiger partial charge in [0, 0.05) is 12.3 Å². The van der Waals surface area contributed by atoms with Crippen LogP contribution in [0.1, 0.15) is 6.23 Å². The number of nitrogens with one attached hydrogen (secondary N) is 1. The number of phosphoric acid groups is 2. The molecule has 1 aromatic rings. The standard InChI is InChI=1S/C15H24N2O17P2/c18-3-5-8(20)10(22)12(24)14(32-5)33-36(28,29)34-35(26,27)30-4-6-9(21)11(23)13(31-6)17-2-1-7(19)16-15(17)25/h1-2,5-6,8-14,18,20-24H,3-4H2,(H,26,27)(H,28,29)(H,16,19,25)/t5-,6-,8-,9-,10+,11+,12-,13-,14+/m0/s1. The van der Waals surface area contributed by atoms with E-state index in [0.717, 1.165) is 16.8 Å². The first kappa shape index (κ1) is 29.2. The highest BCUT2D eigenvalue weighted by molar-refractivity contribution is 7.61. The zero-order valence-corrected chi connectivity index (χ0v) is 19.6. The van der Waals surface area contributed by atoms with E-state index in [9.17, 15) is 54.0 Å². The highest BCUT2D eigenvalue weighted by Gasteiger charge is 2.49. The van der Waals surface area contributed by atoms with E-state index in [-0.39, 0.29) is 0 Å². The molecule has 3 rings (SSSR count). The highest BCUT2D eigenvalue weighted by Crippen LogP contribution is 2.61. The Morgan fingerprint density at radius 3 is 2.17 bits per heavy atom. The zero-order chi connectivity index (χ0) is 27.0. The first-order chi connectivity index (χ1) is 16.7. The van der Waals surface area contributed by atoms with E-state index in [0.29, 0.717) is 0 Å². The maximum Gasteiger partial charge on any atom is 0.483 e. The minimum atomic E-state index is -5.59. The molecule has 9 N–H and O–H groups in total. The van der Waals surface area contributed by atoms with Gasteiger partial charge >= 0.3 is 21.3 Å². The molecule has 2 aliphatic rings. The number of aromatic amines is 1. The predicted molar refractivity (Wildman–Crippen MR) is 109 cm³/mol. The summed E-state index contributed by atoms with van der Waals surface area (Å²) >= 11 is 0. The SMILES string of the molecule is O=c1ccn([C@H]2O[C@@H](COP(=O)(O)OP(=O)(O)O[C@H]3O[C@@H](CO)[C@H](O)[C@@H](O)[C@@H]3O)[C@H](O)[C@H]2O)c(=O)[nH]1. The summed E-state index contributed by atoms with van der Waals surface area (Å²) in [6.07, 6.45) is -15.4. The van der Waals surface area contributed by atoms with Crippen LogP contribution >= 0.6 is 15.6 Å². The van der Waals surface area contributed by atoms with Crippen LogP contribution in [0, 0.1) is 0 Å². The van der Waals surface area contributed by atoms with Gasteiger partial charge in [-0.25, -0.2) is 13.9 Å². The molecule has 206 valence electrons. The first-order valence-electron chi connectivity index (χ1n) is 9.99. The third-order valence-corrected chi connectivity index (χ3v) is 7.76. The lowest BCUT2D eigenvalue weighted by Gasteiger charge is -2.39. The molecule has 19 nitrogen and oxygen atoms in total. The summed E-state index contributed by atoms with van der Waals surface area (Å²) in [6, 6.07) is 0.928. The highest BCUT2D eigenvalue weighted by atomic mass is 31.3. The summed E-state index contributed by atoms with van der Waals surface area (Å²) in [5.74, 6) is 0. The third kappa shape index (κ3) is 6.54. The molecule has 2 saturated heterocycles. The van der Waals surface area contributed by atoms with Gasteiger partial charge in [0.25, 0.3) is 5.56 Å². The lowest BCUT2D eigenvalue weighted by atomic mass is 10.00. The summed E-state index contributed by atoms with van der Waals surface area (Å²) in [5.41, 5.74) is -1.75. The molecule has 36 heavy (non-hydrogen) atoms. The van der Waals surface area contributed by atoms with Crippen LogP contribution in [-0.4, -0.2) is 112 Å². The summed E-state index contributed by atoms with van der Waals surface area (Å²) in [5, 5.41) is 58.6. The fraction of sp³-hybridized carbons (Fsp3) is 0.733. The lowest BCUT2D eigenvalue weighted by molar-refractivity contribution is -0.280. The van der Waals surface area contributed by atoms with Crippen LogP contribution in [0.4, 0.5) is 0 Å². The van der Waals surface area contributed by atoms with E-state index in [1.54, 1.807) is 0 Å². The molecular weight excluding hydrogens is 542 g/mol. The van der Waals surface area contributed by atoms with E-state index in [1.807, 2.05) is 4.98 Å². The van der Waals surface area contributed by atoms with Crippen molar-refractivity contribution in [2.24, 2.45) is 0 Å². The van der Waals surface area contributed by atoms with Gasteiger partial charge in [-0.15, -0.1) is 0 Å². The van der Waals surface area contributed by atoms with Gasteiger partial charge in [0.1, 0.15) is 42.7 Å². The minimum Gasteiger partial charge on any atom is -0.394 e. The Morgan fingerprint density at radius 1 is 0.917 bits per heavy atom. The zero-order valence-electron chi connectivity index (χ0n) is 17.9. The van der Waals surface area contributed by atoms with E-state index < -0.39 is 95.4 Å². The van der Waals surface area contributed by atoms with Crippen LogP contribution in [-0.2, 0) is 32.0 Å². The third-order valence-electron chi connectivity index (χ3n) is 5.16. The van der Waals surface area contributed by atoms with Crippen molar-refractivity contribution in [2.45, 2.75) is 55.2 Å². The normalized spacial score (nSPS) is 38.4. The number of aliphatic hydroxyl groups excluding tert-OH is 6. The summed E-state index contributed by atoms with van der Waals surface area (Å²) in [7, 11) is -11.1. The Kier molecular flexibility index (Phi) is 9.05. The number of hydrogen-bond acceptors (Lipinski definition) is 15. The molecule has 2 fully saturated rings. The van der Waals surface area contributed by atoms with Crippen LogP contribution in [0.25, 0.3) is 0 Å². The molecule has 0 saturated carbocycles. The van der Waals surface area contributed by atoms with Crippen molar-refractivity contribution < 1.29 is 72.4 Å². The van der Waals surface area contributed by atoms with E-state index in [4.69, 9.17) is 14.6 Å². The Balaban J connectivity index is 1.61. The number of H-pyrrole nitrogens is 1. The van der Waals surface area contributed by atoms with Crippen molar-refractivity contribution in [3.8, 4) is 0 Å². The van der Waals surface area contributed by atoms with Gasteiger partial charge in [-0.05, 0) is 0 Å². The summed E-state index contributed by atoms with van der Waals surface area (Å²) in [6.45, 7) is -1.93. The van der Waals surface area contributed by atoms with E-state index in [2.05, 4.69) is 13.4 Å². The molecule has 0 radical (unpaired) electrons. The topological polar surface area (TPSA) is 297 Å². The van der Waals surface area contributed by atoms with Gasteiger partial charge < -0.3 is 49.9 Å². The number of phosphoric ester groups is 2. The van der Waals surface area contributed by atoms with Gasteiger partial charge in [-0.2, -0.15) is 4.31 Å². The van der Waals surface area contributed by atoms with Crippen molar-refractivity contribution in [1.82, 2.24) is 9.55 Å². The number of aliphatic hydroxyl groups is 6. The Bertz CT molecular complexity index is 1120. The fourth-order valence-electron chi connectivity index (χ4n) is 3.35. The second kappa shape index (κ2) is 11.2. The average molecular weight is 566 g/mol. The number of nitrogens with zero attached hydrogens (tertiary/aromatic N) is 1. The monoisotopic (exact) mass is 566 g/mol. The van der Waals surface area contributed by atoms with Crippen LogP contribution in [0.15, 0.2) is 21.9 Å². The molecule has 0 spiro atoms. The molecule has 2 aliphatic heterocycles. The van der Waals surface area contributed by atoms with Crippen molar-refractivity contribution in [1.29, 1.82) is 0 Å². The molecule has 0 bridgehead atoms. The van der Waals surface area contributed by atoms with Crippen LogP contribution < -0.4 is 11.2 Å². The molecule has 0 amide bonds. The molecule has 3 heterocycles. The molecular formula is C15H24N2O17P2. The maximum atomic E-state index is 12.2. The first-order valence-corrected chi connectivity index (χ1v) is 13.0. The van der Waals surface area contributed by atoms with Crippen molar-refractivity contribution >= 4 is 15.6 Å². The molecule has 2 unspecified atom stereocenters. The van der Waals surface area contributed by atoms with Gasteiger partial charge in [-0.3, -0.25) is 23.4 Å². The van der Waals surface area contributed by atoms with Crippen molar-refractivity contribution in [2.75, 3.05) is 13.2 Å². The Labute approximate surface area is 199 Å². The van der Waals surface area contributed by atoms with Crippen LogP contribution in [0.3, 0.4) is 0 Å². The lowest BCUT2D eigenvalue weighted by Crippen LogP contribution is -2.58. The second-order valence-corrected chi connectivity index (χ2v) is 10.7. The van der Waals surface area contributed by atoms with Crippen LogP contribution in [0.2, 0.25) is 0 Å². The van der Waals surface area contributed by atoms with Gasteiger partial charge in [0.15, 0.2) is 12.5 Å². The minimum absolute atomic E-state index is 0.723. The largest absolute Gasteiger partial charge is 0.483 e. The average Bonchev–Trinajstić information content (AvgIpc) is 3.06. The quantitative estimate of drug-likeness (QED) is 0.127. The smallest absolute Gasteiger partial charge is 0.394 e. The van der Waals surface area contributed by atoms with Gasteiger partial charge in [0.05, 0.1) is 13.2 Å². The summed E-state index contributed by atoms with van der Waals surface area (Å²) in [4.78, 5) is 44.5. The molecule has 21 heteroatoms. The van der Waals surface area contributed by atoms with Gasteiger partial charge in [0.2, 0.25) is 0 Å². The molecule has 0 aromatic carbocycles. The number of aromatic nitrogens is 2. The van der Waals surface area contributed by atoms with E-state index in [1.165, 1.54) is 0 Å². The molecule has 0 aliphatic carbocycles. The van der Waals surface area contributed by atoms with Crippen molar-refractivity contribution in [3.05, 3.63) is 33.1 Å². The van der Waals surface area contributed by atoms with E-state index >= 15 is 0 Å². The predicted octanol–water partition coefficient (Wildman–Crippen LogP) is -4.79. The number of rotatable bonds is 9. The summed E-state index contributed by atoms with van der Waals surface area (Å²) < 4.78 is 48.1. The number of ether oxygens (including phenoxy) is 2. The molecule has 1 aromatic heterocycles.